The van der Waals surface area contributed by atoms with Gasteiger partial charge in [0.15, 0.2) is 5.78 Å². The van der Waals surface area contributed by atoms with E-state index in [0.29, 0.717) is 53.9 Å². The molecule has 1 aliphatic rings. The van der Waals surface area contributed by atoms with E-state index in [9.17, 15) is 33.9 Å². The molecule has 1 heterocycles. The lowest BCUT2D eigenvalue weighted by Gasteiger charge is -2.32. The summed E-state index contributed by atoms with van der Waals surface area (Å²) in [5, 5.41) is 25.5. The number of carbonyl (C=O) groups is 6. The Kier molecular flexibility index (Phi) is 22.4. The van der Waals surface area contributed by atoms with Crippen LogP contribution in [-0.2, 0) is 35.2 Å². The molecule has 2 aromatic rings. The maximum atomic E-state index is 14.5. The summed E-state index contributed by atoms with van der Waals surface area (Å²) in [5.74, 6) is -2.97. The average Bonchev–Trinajstić information content (AvgIpc) is 3.24. The quantitative estimate of drug-likeness (QED) is 0.0674. The Morgan fingerprint density at radius 3 is 2.26 bits per heavy atom. The number of fused-ring (bicyclic) bond motifs is 5. The molecule has 1 aliphatic heterocycles. The number of nitrogens with zero attached hydrogens (tertiary/aromatic N) is 1. The number of nitrogens with two attached hydrogens (primary N) is 2. The van der Waals surface area contributed by atoms with Gasteiger partial charge in [0.1, 0.15) is 42.3 Å². The molecule has 0 saturated heterocycles. The van der Waals surface area contributed by atoms with Crippen LogP contribution in [0.25, 0.3) is 11.1 Å². The van der Waals surface area contributed by atoms with Gasteiger partial charge in [-0.05, 0) is 94.9 Å². The van der Waals surface area contributed by atoms with Crippen LogP contribution in [0.1, 0.15) is 122 Å². The summed E-state index contributed by atoms with van der Waals surface area (Å²) in [6.07, 6.45) is 11.2. The van der Waals surface area contributed by atoms with Crippen LogP contribution in [-0.4, -0.2) is 109 Å². The smallest absolute Gasteiger partial charge is 0.248 e. The van der Waals surface area contributed by atoms with Crippen LogP contribution in [0.4, 0.5) is 0 Å². The molecule has 5 amide bonds. The van der Waals surface area contributed by atoms with Crippen molar-refractivity contribution >= 4 is 35.3 Å². The van der Waals surface area contributed by atoms with Crippen molar-refractivity contribution < 1.29 is 38.6 Å². The van der Waals surface area contributed by atoms with E-state index in [1.54, 1.807) is 30.3 Å². The molecule has 2 aromatic carbocycles. The van der Waals surface area contributed by atoms with E-state index >= 15 is 0 Å². The normalized spacial score (nSPS) is 17.4. The van der Waals surface area contributed by atoms with Gasteiger partial charge in [-0.1, -0.05) is 64.0 Å². The first-order valence-electron chi connectivity index (χ1n) is 22.4. The molecular formula is C46H72N8O8. The fourth-order valence-corrected chi connectivity index (χ4v) is 7.32. The lowest BCUT2D eigenvalue weighted by Crippen LogP contribution is -2.56. The second kappa shape index (κ2) is 27.1. The molecule has 62 heavy (non-hydrogen) atoms. The van der Waals surface area contributed by atoms with Crippen molar-refractivity contribution in [2.45, 2.75) is 141 Å². The van der Waals surface area contributed by atoms with Crippen LogP contribution in [0.5, 0.6) is 11.5 Å². The first kappa shape index (κ1) is 51.3. The molecule has 16 heteroatoms. The first-order chi connectivity index (χ1) is 29.7. The van der Waals surface area contributed by atoms with Gasteiger partial charge in [0.25, 0.3) is 0 Å². The Labute approximate surface area is 367 Å². The summed E-state index contributed by atoms with van der Waals surface area (Å²) in [6.45, 7) is 8.50. The summed E-state index contributed by atoms with van der Waals surface area (Å²) in [4.78, 5) is 82.7. The van der Waals surface area contributed by atoms with Gasteiger partial charge in [0.2, 0.25) is 29.5 Å². The molecule has 10 N–H and O–H groups in total. The molecule has 5 atom stereocenters. The Morgan fingerprint density at radius 1 is 0.871 bits per heavy atom. The fraction of sp³-hybridized carbons (Fsp3) is 0.609. The predicted molar refractivity (Wildman–Crippen MR) is 240 cm³/mol. The van der Waals surface area contributed by atoms with Crippen molar-refractivity contribution in [2.24, 2.45) is 11.5 Å². The highest BCUT2D eigenvalue weighted by Crippen LogP contribution is 2.39. The van der Waals surface area contributed by atoms with Crippen molar-refractivity contribution in [3.05, 3.63) is 47.5 Å². The topological polar surface area (TPSA) is 247 Å². The number of Topliss-reactive ketones (excluding diaryl/α,β-unsaturated/α-hetero) is 1. The van der Waals surface area contributed by atoms with Crippen LogP contribution >= 0.6 is 0 Å². The number of amides is 5. The third kappa shape index (κ3) is 16.3. The van der Waals surface area contributed by atoms with Gasteiger partial charge in [0.05, 0.1) is 6.04 Å². The molecule has 0 spiro atoms. The largest absolute Gasteiger partial charge is 0.507 e. The highest BCUT2D eigenvalue weighted by Gasteiger charge is 2.36. The Morgan fingerprint density at radius 2 is 1.58 bits per heavy atom. The van der Waals surface area contributed by atoms with Gasteiger partial charge in [-0.3, -0.25) is 28.8 Å². The molecule has 0 aromatic heterocycles. The molecule has 4 bridgehead atoms. The number of aromatic hydroxyl groups is 1. The minimum Gasteiger partial charge on any atom is -0.507 e. The number of ether oxygens (including phenoxy) is 1. The number of benzene rings is 2. The number of likely N-dealkylation sites (N-methyl/N-ethyl adjacent to an activating group) is 1. The number of hydrogen-bond donors (Lipinski definition) is 8. The predicted octanol–water partition coefficient (Wildman–Crippen LogP) is 3.27. The maximum Gasteiger partial charge on any atom is 0.248 e. The summed E-state index contributed by atoms with van der Waals surface area (Å²) >= 11 is 0. The minimum atomic E-state index is -1.34. The molecule has 5 unspecified atom stereocenters. The number of ketones is 1. The van der Waals surface area contributed by atoms with Gasteiger partial charge < -0.3 is 52.8 Å². The molecule has 0 aliphatic carbocycles. The summed E-state index contributed by atoms with van der Waals surface area (Å²) < 4.78 is 6.00. The van der Waals surface area contributed by atoms with Crippen LogP contribution in [0, 0.1) is 0 Å². The van der Waals surface area contributed by atoms with Gasteiger partial charge >= 0.3 is 0 Å². The van der Waals surface area contributed by atoms with E-state index in [0.717, 1.165) is 19.4 Å². The zero-order valence-electron chi connectivity index (χ0n) is 37.5. The summed E-state index contributed by atoms with van der Waals surface area (Å²) in [6, 6.07) is 4.07. The fourth-order valence-electron chi connectivity index (χ4n) is 7.32. The second-order valence-corrected chi connectivity index (χ2v) is 16.3. The number of phenols is 1. The number of hydrogen-bond acceptors (Lipinski definition) is 11. The van der Waals surface area contributed by atoms with Crippen molar-refractivity contribution in [3.63, 3.8) is 0 Å². The van der Waals surface area contributed by atoms with Crippen LogP contribution in [0.15, 0.2) is 36.4 Å². The van der Waals surface area contributed by atoms with Crippen LogP contribution in [0.3, 0.4) is 0 Å². The molecule has 0 saturated carbocycles. The van der Waals surface area contributed by atoms with Gasteiger partial charge in [-0.15, -0.1) is 0 Å². The SMILES string of the molecule is CCCCCCCCCCNCCC(=O)NC(CCCCN)C(=O)N(C)C1C(=O)NC(C)C(=O)NC(C(=O)NC(C)C(C)=O)Cc2ccc(O)c(c2)-c2cc1ccc2OCCN. The van der Waals surface area contributed by atoms with Gasteiger partial charge in [-0.2, -0.15) is 0 Å². The van der Waals surface area contributed by atoms with E-state index in [1.165, 1.54) is 77.3 Å². The number of phenolic OH excluding ortho intramolecular Hbond substituents is 1. The third-order valence-corrected chi connectivity index (χ3v) is 11.1. The summed E-state index contributed by atoms with van der Waals surface area (Å²) in [7, 11) is 1.46. The van der Waals surface area contributed by atoms with E-state index in [1.807, 2.05) is 0 Å². The summed E-state index contributed by atoms with van der Waals surface area (Å²) in [5.41, 5.74) is 13.1. The first-order valence-corrected chi connectivity index (χ1v) is 22.4. The van der Waals surface area contributed by atoms with Gasteiger partial charge in [0, 0.05) is 44.1 Å². The maximum absolute atomic E-state index is 14.5. The Hall–Kier alpha value is -5.06. The zero-order valence-corrected chi connectivity index (χ0v) is 37.5. The molecule has 344 valence electrons. The van der Waals surface area contributed by atoms with Gasteiger partial charge in [-0.25, -0.2) is 0 Å². The van der Waals surface area contributed by atoms with Crippen molar-refractivity contribution in [3.8, 4) is 22.6 Å². The third-order valence-electron chi connectivity index (χ3n) is 11.1. The van der Waals surface area contributed by atoms with E-state index in [4.69, 9.17) is 16.2 Å². The molecule has 0 radical (unpaired) electrons. The number of rotatable bonds is 25. The van der Waals surface area contributed by atoms with E-state index < -0.39 is 53.8 Å². The van der Waals surface area contributed by atoms with Crippen molar-refractivity contribution in [1.29, 1.82) is 0 Å². The highest BCUT2D eigenvalue weighted by atomic mass is 16.5. The second-order valence-electron chi connectivity index (χ2n) is 16.3. The van der Waals surface area contributed by atoms with E-state index in [2.05, 4.69) is 33.5 Å². The Balaban J connectivity index is 1.96. The standard InChI is InChI=1S/C46H72N8O8/c1-6-7-8-9-10-11-12-15-24-49-25-21-41(57)52-37(16-13-14-22-47)46(61)54(5)42-34-18-20-40(62-26-23-48)36(29-34)35-27-33(17-19-39(35)56)28-38(44(59)50-30(2)32(4)55)53-43(58)31(3)51-45(42)60/h17-20,27,29-31,37-38,42,49,56H,6-16,21-26,28,47-48H2,1-5H3,(H,50,59)(H,51,60)(H,52,57)(H,53,58). The van der Waals surface area contributed by atoms with Crippen molar-refractivity contribution in [2.75, 3.05) is 39.8 Å². The molecule has 0 fully saturated rings. The number of nitrogens with one attached hydrogen (secondary N) is 5. The molecule has 3 rings (SSSR count). The number of carbonyl (C=O) groups excluding carboxylic acids is 6. The molecular weight excluding hydrogens is 793 g/mol. The van der Waals surface area contributed by atoms with E-state index in [-0.39, 0.29) is 49.9 Å². The van der Waals surface area contributed by atoms with Crippen LogP contribution in [0.2, 0.25) is 0 Å². The lowest BCUT2D eigenvalue weighted by atomic mass is 9.93. The average molecular weight is 865 g/mol. The highest BCUT2D eigenvalue weighted by molar-refractivity contribution is 5.97. The monoisotopic (exact) mass is 865 g/mol. The van der Waals surface area contributed by atoms with Crippen molar-refractivity contribution in [1.82, 2.24) is 31.5 Å². The minimum absolute atomic E-state index is 0.0265. The molecule has 16 nitrogen and oxygen atoms in total. The lowest BCUT2D eigenvalue weighted by molar-refractivity contribution is -0.143. The van der Waals surface area contributed by atoms with Crippen LogP contribution < -0.4 is 42.8 Å². The number of unbranched alkanes of at least 4 members (excludes halogenated alkanes) is 8. The zero-order chi connectivity index (χ0) is 45.6. The Bertz CT molecular complexity index is 1790.